The molecule has 0 bridgehead atoms. The summed E-state index contributed by atoms with van der Waals surface area (Å²) >= 11 is 0. The van der Waals surface area contributed by atoms with Crippen LogP contribution in [0, 0.1) is 0 Å². The number of fused-ring (bicyclic) bond motifs is 1. The van der Waals surface area contributed by atoms with Crippen molar-refractivity contribution in [2.24, 2.45) is 0 Å². The van der Waals surface area contributed by atoms with E-state index in [1.807, 2.05) is 30.0 Å². The van der Waals surface area contributed by atoms with Crippen molar-refractivity contribution in [3.05, 3.63) is 29.3 Å². The Labute approximate surface area is 113 Å². The Bertz CT molecular complexity index is 501. The number of nitrogens with one attached hydrogen (secondary N) is 1. The van der Waals surface area contributed by atoms with Crippen LogP contribution in [0.25, 0.3) is 0 Å². The highest BCUT2D eigenvalue weighted by Gasteiger charge is 2.30. The molecule has 102 valence electrons. The van der Waals surface area contributed by atoms with Gasteiger partial charge in [0, 0.05) is 30.9 Å². The first-order valence-corrected chi connectivity index (χ1v) is 6.94. The summed E-state index contributed by atoms with van der Waals surface area (Å²) in [6.07, 6.45) is 2.31. The van der Waals surface area contributed by atoms with Gasteiger partial charge in [0.15, 0.2) is 0 Å². The van der Waals surface area contributed by atoms with E-state index in [-0.39, 0.29) is 5.91 Å². The summed E-state index contributed by atoms with van der Waals surface area (Å²) < 4.78 is 0. The molecule has 0 aliphatic carbocycles. The van der Waals surface area contributed by atoms with Gasteiger partial charge >= 0.3 is 0 Å². The van der Waals surface area contributed by atoms with Gasteiger partial charge in [-0.05, 0) is 49.9 Å². The van der Waals surface area contributed by atoms with Gasteiger partial charge in [-0.1, -0.05) is 0 Å². The molecule has 0 unspecified atom stereocenters. The maximum atomic E-state index is 12.4. The molecule has 1 amide bonds. The molecule has 3 rings (SSSR count). The number of carbonyl (C=O) groups excluding carboxylic acids is 1. The number of aliphatic hydroxyl groups is 1. The van der Waals surface area contributed by atoms with E-state index in [1.54, 1.807) is 0 Å². The molecule has 1 aromatic rings. The van der Waals surface area contributed by atoms with Crippen molar-refractivity contribution in [1.82, 2.24) is 4.90 Å². The van der Waals surface area contributed by atoms with Gasteiger partial charge in [0.1, 0.15) is 0 Å². The number of likely N-dealkylation sites (tertiary alicyclic amines) is 1. The molecular formula is C15H20N2O2. The van der Waals surface area contributed by atoms with Gasteiger partial charge in [0.05, 0.1) is 5.60 Å². The van der Waals surface area contributed by atoms with Gasteiger partial charge in [0.25, 0.3) is 5.91 Å². The molecule has 0 saturated carbocycles. The third-order valence-electron chi connectivity index (χ3n) is 4.19. The predicted octanol–water partition coefficient (Wildman–Crippen LogP) is 1.64. The zero-order chi connectivity index (χ0) is 13.5. The lowest BCUT2D eigenvalue weighted by molar-refractivity contribution is -0.00202. The van der Waals surface area contributed by atoms with Crippen LogP contribution in [0.4, 0.5) is 5.69 Å². The van der Waals surface area contributed by atoms with Crippen LogP contribution in [-0.2, 0) is 6.42 Å². The van der Waals surface area contributed by atoms with Crippen molar-refractivity contribution in [3.8, 4) is 0 Å². The number of nitrogens with zero attached hydrogens (tertiary/aromatic N) is 1. The van der Waals surface area contributed by atoms with Crippen molar-refractivity contribution < 1.29 is 9.90 Å². The Kier molecular flexibility index (Phi) is 2.97. The first-order valence-electron chi connectivity index (χ1n) is 6.94. The van der Waals surface area contributed by atoms with Crippen LogP contribution in [0.5, 0.6) is 0 Å². The lowest BCUT2D eigenvalue weighted by Crippen LogP contribution is -2.45. The first kappa shape index (κ1) is 12.5. The zero-order valence-electron chi connectivity index (χ0n) is 11.3. The third kappa shape index (κ3) is 2.45. The molecule has 1 saturated heterocycles. The Hall–Kier alpha value is -1.55. The highest BCUT2D eigenvalue weighted by atomic mass is 16.3. The van der Waals surface area contributed by atoms with E-state index >= 15 is 0 Å². The van der Waals surface area contributed by atoms with Crippen molar-refractivity contribution in [3.63, 3.8) is 0 Å². The molecule has 2 N–H and O–H groups in total. The summed E-state index contributed by atoms with van der Waals surface area (Å²) in [7, 11) is 0. The van der Waals surface area contributed by atoms with Crippen molar-refractivity contribution >= 4 is 11.6 Å². The molecule has 2 aliphatic heterocycles. The fourth-order valence-electron chi connectivity index (χ4n) is 2.81. The Morgan fingerprint density at radius 3 is 2.84 bits per heavy atom. The van der Waals surface area contributed by atoms with Crippen LogP contribution in [-0.4, -0.2) is 41.1 Å². The van der Waals surface area contributed by atoms with Gasteiger partial charge in [-0.2, -0.15) is 0 Å². The molecule has 0 spiro atoms. The SMILES string of the molecule is CC1(O)CCN(C(=O)c2ccc3c(c2)CCN3)CC1. The summed E-state index contributed by atoms with van der Waals surface area (Å²) in [5.74, 6) is 0.0881. The molecule has 1 aromatic carbocycles. The molecule has 19 heavy (non-hydrogen) atoms. The van der Waals surface area contributed by atoms with Gasteiger partial charge in [-0.3, -0.25) is 4.79 Å². The number of anilines is 1. The van der Waals surface area contributed by atoms with Crippen molar-refractivity contribution in [1.29, 1.82) is 0 Å². The summed E-state index contributed by atoms with van der Waals surface area (Å²) in [6.45, 7) is 4.08. The molecule has 0 aromatic heterocycles. The average molecular weight is 260 g/mol. The minimum Gasteiger partial charge on any atom is -0.390 e. The van der Waals surface area contributed by atoms with Gasteiger partial charge < -0.3 is 15.3 Å². The van der Waals surface area contributed by atoms with E-state index < -0.39 is 5.60 Å². The lowest BCUT2D eigenvalue weighted by atomic mass is 9.93. The van der Waals surface area contributed by atoms with Crippen LogP contribution in [0.15, 0.2) is 18.2 Å². The third-order valence-corrected chi connectivity index (χ3v) is 4.19. The second-order valence-electron chi connectivity index (χ2n) is 5.84. The smallest absolute Gasteiger partial charge is 0.253 e. The molecular weight excluding hydrogens is 240 g/mol. The zero-order valence-corrected chi connectivity index (χ0v) is 11.3. The highest BCUT2D eigenvalue weighted by molar-refractivity contribution is 5.95. The summed E-state index contributed by atoms with van der Waals surface area (Å²) in [4.78, 5) is 14.3. The van der Waals surface area contributed by atoms with E-state index in [2.05, 4.69) is 5.32 Å². The second kappa shape index (κ2) is 4.53. The topological polar surface area (TPSA) is 52.6 Å². The fraction of sp³-hybridized carbons (Fsp3) is 0.533. The minimum absolute atomic E-state index is 0.0881. The lowest BCUT2D eigenvalue weighted by Gasteiger charge is -2.35. The Morgan fingerprint density at radius 2 is 2.11 bits per heavy atom. The monoisotopic (exact) mass is 260 g/mol. The molecule has 4 nitrogen and oxygen atoms in total. The predicted molar refractivity (Wildman–Crippen MR) is 74.4 cm³/mol. The molecule has 2 heterocycles. The maximum absolute atomic E-state index is 12.4. The normalized spacial score (nSPS) is 20.8. The Morgan fingerprint density at radius 1 is 1.37 bits per heavy atom. The standard InChI is InChI=1S/C15H20N2O2/c1-15(19)5-8-17(9-6-15)14(18)12-2-3-13-11(10-12)4-7-16-13/h2-3,10,16,19H,4-9H2,1H3. The first-order chi connectivity index (χ1) is 9.05. The number of carbonyl (C=O) groups is 1. The minimum atomic E-state index is -0.612. The maximum Gasteiger partial charge on any atom is 0.253 e. The van der Waals surface area contributed by atoms with E-state index in [1.165, 1.54) is 5.56 Å². The van der Waals surface area contributed by atoms with E-state index in [0.29, 0.717) is 25.9 Å². The number of rotatable bonds is 1. The van der Waals surface area contributed by atoms with E-state index in [9.17, 15) is 9.90 Å². The summed E-state index contributed by atoms with van der Waals surface area (Å²) in [6, 6.07) is 5.90. The van der Waals surface area contributed by atoms with Crippen LogP contribution in [0.3, 0.4) is 0 Å². The Balaban J connectivity index is 1.74. The molecule has 2 aliphatic rings. The second-order valence-corrected chi connectivity index (χ2v) is 5.84. The molecule has 0 atom stereocenters. The number of amides is 1. The van der Waals surface area contributed by atoms with Crippen molar-refractivity contribution in [2.75, 3.05) is 25.0 Å². The number of hydrogen-bond donors (Lipinski definition) is 2. The average Bonchev–Trinajstić information content (AvgIpc) is 2.85. The van der Waals surface area contributed by atoms with Gasteiger partial charge in [-0.25, -0.2) is 0 Å². The largest absolute Gasteiger partial charge is 0.390 e. The van der Waals surface area contributed by atoms with Crippen LogP contribution < -0.4 is 5.32 Å². The van der Waals surface area contributed by atoms with Gasteiger partial charge in [0.2, 0.25) is 0 Å². The summed E-state index contributed by atoms with van der Waals surface area (Å²) in [5.41, 5.74) is 2.54. The van der Waals surface area contributed by atoms with Crippen LogP contribution in [0.2, 0.25) is 0 Å². The van der Waals surface area contributed by atoms with Crippen LogP contribution in [0.1, 0.15) is 35.7 Å². The molecule has 4 heteroatoms. The quantitative estimate of drug-likeness (QED) is 0.807. The number of benzene rings is 1. The van der Waals surface area contributed by atoms with E-state index in [4.69, 9.17) is 0 Å². The molecule has 1 fully saturated rings. The molecule has 0 radical (unpaired) electrons. The number of hydrogen-bond acceptors (Lipinski definition) is 3. The van der Waals surface area contributed by atoms with Crippen molar-refractivity contribution in [2.45, 2.75) is 31.8 Å². The van der Waals surface area contributed by atoms with Gasteiger partial charge in [-0.15, -0.1) is 0 Å². The van der Waals surface area contributed by atoms with E-state index in [0.717, 1.165) is 24.2 Å². The van der Waals surface area contributed by atoms with Crippen LogP contribution >= 0.6 is 0 Å². The number of piperidine rings is 1. The fourth-order valence-corrected chi connectivity index (χ4v) is 2.81. The summed E-state index contributed by atoms with van der Waals surface area (Å²) in [5, 5.41) is 13.2. The highest BCUT2D eigenvalue weighted by Crippen LogP contribution is 2.26.